The summed E-state index contributed by atoms with van der Waals surface area (Å²) in [4.78, 5) is 34.1. The second-order valence-electron chi connectivity index (χ2n) is 6.30. The van der Waals surface area contributed by atoms with E-state index in [4.69, 9.17) is 0 Å². The van der Waals surface area contributed by atoms with E-state index >= 15 is 0 Å². The molecule has 25 heavy (non-hydrogen) atoms. The van der Waals surface area contributed by atoms with E-state index in [0.717, 1.165) is 30.1 Å². The molecule has 136 valence electrons. The zero-order chi connectivity index (χ0) is 18.6. The Morgan fingerprint density at radius 2 is 1.92 bits per heavy atom. The maximum Gasteiger partial charge on any atom is 0.255 e. The summed E-state index contributed by atoms with van der Waals surface area (Å²) in [6.45, 7) is 5.92. The quantitative estimate of drug-likeness (QED) is 0.681. The van der Waals surface area contributed by atoms with E-state index in [1.807, 2.05) is 43.3 Å². The molecule has 0 saturated carbocycles. The zero-order valence-corrected chi connectivity index (χ0v) is 15.7. The SMILES string of the molecule is CCc1nc2ccc(C(=O)N(C)CCN(C)C)cn2c1N(C=O)CC. The van der Waals surface area contributed by atoms with E-state index in [1.165, 1.54) is 0 Å². The van der Waals surface area contributed by atoms with Gasteiger partial charge in [-0.25, -0.2) is 4.98 Å². The maximum absolute atomic E-state index is 12.7. The summed E-state index contributed by atoms with van der Waals surface area (Å²) in [7, 11) is 5.76. The highest BCUT2D eigenvalue weighted by molar-refractivity contribution is 5.94. The number of anilines is 1. The molecule has 0 spiro atoms. The molecule has 2 aromatic heterocycles. The van der Waals surface area contributed by atoms with E-state index in [1.54, 1.807) is 29.1 Å². The van der Waals surface area contributed by atoms with E-state index in [0.29, 0.717) is 25.1 Å². The predicted octanol–water partition coefficient (Wildman–Crippen LogP) is 1.51. The van der Waals surface area contributed by atoms with Crippen LogP contribution in [0.1, 0.15) is 29.9 Å². The highest BCUT2D eigenvalue weighted by Gasteiger charge is 2.19. The van der Waals surface area contributed by atoms with Gasteiger partial charge < -0.3 is 9.80 Å². The number of rotatable bonds is 8. The summed E-state index contributed by atoms with van der Waals surface area (Å²) < 4.78 is 1.84. The fourth-order valence-electron chi connectivity index (χ4n) is 2.69. The van der Waals surface area contributed by atoms with Crippen molar-refractivity contribution in [3.05, 3.63) is 29.6 Å². The Labute approximate surface area is 148 Å². The fraction of sp³-hybridized carbons (Fsp3) is 0.500. The maximum atomic E-state index is 12.7. The Morgan fingerprint density at radius 1 is 1.20 bits per heavy atom. The van der Waals surface area contributed by atoms with Crippen molar-refractivity contribution in [2.45, 2.75) is 20.3 Å². The number of carbonyl (C=O) groups excluding carboxylic acids is 2. The Balaban J connectivity index is 2.42. The summed E-state index contributed by atoms with van der Waals surface area (Å²) in [6.07, 6.45) is 3.30. The molecule has 0 N–H and O–H groups in total. The molecule has 2 aromatic rings. The number of hydrogen-bond acceptors (Lipinski definition) is 4. The van der Waals surface area contributed by atoms with Crippen molar-refractivity contribution in [2.75, 3.05) is 45.7 Å². The summed E-state index contributed by atoms with van der Waals surface area (Å²) in [5.74, 6) is 0.691. The van der Waals surface area contributed by atoms with Crippen molar-refractivity contribution in [1.29, 1.82) is 0 Å². The first-order valence-corrected chi connectivity index (χ1v) is 8.56. The van der Waals surface area contributed by atoms with Gasteiger partial charge in [0.25, 0.3) is 5.91 Å². The molecule has 2 heterocycles. The molecule has 0 aliphatic rings. The highest BCUT2D eigenvalue weighted by Crippen LogP contribution is 2.23. The third-order valence-corrected chi connectivity index (χ3v) is 4.21. The Bertz CT molecular complexity index is 753. The van der Waals surface area contributed by atoms with Crippen molar-refractivity contribution in [3.8, 4) is 0 Å². The van der Waals surface area contributed by atoms with E-state index in [-0.39, 0.29) is 5.91 Å². The monoisotopic (exact) mass is 345 g/mol. The Morgan fingerprint density at radius 3 is 2.48 bits per heavy atom. The number of carbonyl (C=O) groups is 2. The van der Waals surface area contributed by atoms with Crippen LogP contribution in [0.25, 0.3) is 5.65 Å². The van der Waals surface area contributed by atoms with Crippen LogP contribution in [0.2, 0.25) is 0 Å². The van der Waals surface area contributed by atoms with Gasteiger partial charge in [-0.1, -0.05) is 6.92 Å². The van der Waals surface area contributed by atoms with Gasteiger partial charge in [0.15, 0.2) is 0 Å². The number of imidazole rings is 1. The van der Waals surface area contributed by atoms with Crippen LogP contribution in [0.15, 0.2) is 18.3 Å². The average Bonchev–Trinajstić information content (AvgIpc) is 2.98. The van der Waals surface area contributed by atoms with E-state index in [9.17, 15) is 9.59 Å². The van der Waals surface area contributed by atoms with Crippen molar-refractivity contribution in [1.82, 2.24) is 19.2 Å². The molecule has 0 aromatic carbocycles. The first kappa shape index (κ1) is 18.9. The van der Waals surface area contributed by atoms with Gasteiger partial charge in [0, 0.05) is 32.9 Å². The van der Waals surface area contributed by atoms with Crippen molar-refractivity contribution in [2.24, 2.45) is 0 Å². The minimum absolute atomic E-state index is 0.0457. The molecule has 0 saturated heterocycles. The van der Waals surface area contributed by atoms with Crippen molar-refractivity contribution >= 4 is 23.8 Å². The first-order valence-electron chi connectivity index (χ1n) is 8.56. The van der Waals surface area contributed by atoms with Crippen LogP contribution >= 0.6 is 0 Å². The molecule has 0 aliphatic heterocycles. The summed E-state index contributed by atoms with van der Waals surface area (Å²) in [5.41, 5.74) is 2.16. The topological polar surface area (TPSA) is 61.2 Å². The third kappa shape index (κ3) is 3.99. The number of amides is 2. The van der Waals surface area contributed by atoms with Crippen molar-refractivity contribution in [3.63, 3.8) is 0 Å². The zero-order valence-electron chi connectivity index (χ0n) is 15.7. The number of fused-ring (bicyclic) bond motifs is 1. The molecule has 0 aliphatic carbocycles. The lowest BCUT2D eigenvalue weighted by Gasteiger charge is -2.20. The lowest BCUT2D eigenvalue weighted by atomic mass is 10.2. The second kappa shape index (κ2) is 8.11. The van der Waals surface area contributed by atoms with E-state index in [2.05, 4.69) is 4.98 Å². The first-order chi connectivity index (χ1) is 11.9. The van der Waals surface area contributed by atoms with Gasteiger partial charge in [-0.05, 0) is 39.6 Å². The van der Waals surface area contributed by atoms with Crippen LogP contribution in [-0.2, 0) is 11.2 Å². The summed E-state index contributed by atoms with van der Waals surface area (Å²) >= 11 is 0. The molecule has 2 rings (SSSR count). The van der Waals surface area contributed by atoms with Gasteiger partial charge in [-0.3, -0.25) is 18.9 Å². The minimum Gasteiger partial charge on any atom is -0.340 e. The summed E-state index contributed by atoms with van der Waals surface area (Å²) in [6, 6.07) is 3.62. The van der Waals surface area contributed by atoms with Gasteiger partial charge in [0.2, 0.25) is 6.41 Å². The van der Waals surface area contributed by atoms with Crippen LogP contribution < -0.4 is 4.90 Å². The van der Waals surface area contributed by atoms with Gasteiger partial charge >= 0.3 is 0 Å². The largest absolute Gasteiger partial charge is 0.340 e. The van der Waals surface area contributed by atoms with Crippen LogP contribution in [0, 0.1) is 0 Å². The molecule has 7 heteroatoms. The van der Waals surface area contributed by atoms with Crippen LogP contribution in [0.5, 0.6) is 0 Å². The number of hydrogen-bond donors (Lipinski definition) is 0. The van der Waals surface area contributed by atoms with Crippen LogP contribution in [0.4, 0.5) is 5.82 Å². The van der Waals surface area contributed by atoms with Gasteiger partial charge in [0.1, 0.15) is 11.5 Å². The molecular formula is C18H27N5O2. The molecular weight excluding hydrogens is 318 g/mol. The Hall–Kier alpha value is -2.41. The molecule has 0 atom stereocenters. The molecule has 0 radical (unpaired) electrons. The van der Waals surface area contributed by atoms with Crippen LogP contribution in [0.3, 0.4) is 0 Å². The lowest BCUT2D eigenvalue weighted by Crippen LogP contribution is -2.33. The second-order valence-corrected chi connectivity index (χ2v) is 6.30. The third-order valence-electron chi connectivity index (χ3n) is 4.21. The molecule has 0 unspecified atom stereocenters. The Kier molecular flexibility index (Phi) is 6.14. The molecule has 0 bridgehead atoms. The minimum atomic E-state index is -0.0457. The van der Waals surface area contributed by atoms with Gasteiger partial charge in [0.05, 0.1) is 11.3 Å². The molecule has 7 nitrogen and oxygen atoms in total. The average molecular weight is 345 g/mol. The van der Waals surface area contributed by atoms with Gasteiger partial charge in [-0.15, -0.1) is 0 Å². The number of pyridine rings is 1. The predicted molar refractivity (Wildman–Crippen MR) is 99.2 cm³/mol. The number of likely N-dealkylation sites (N-methyl/N-ethyl adjacent to an activating group) is 2. The number of nitrogens with zero attached hydrogens (tertiary/aromatic N) is 5. The highest BCUT2D eigenvalue weighted by atomic mass is 16.2. The van der Waals surface area contributed by atoms with Crippen molar-refractivity contribution < 1.29 is 9.59 Å². The molecule has 2 amide bonds. The smallest absolute Gasteiger partial charge is 0.255 e. The van der Waals surface area contributed by atoms with E-state index < -0.39 is 0 Å². The normalized spacial score (nSPS) is 11.1. The fourth-order valence-corrected chi connectivity index (χ4v) is 2.69. The lowest BCUT2D eigenvalue weighted by molar-refractivity contribution is -0.107. The number of aromatic nitrogens is 2. The standard InChI is InChI=1S/C18H27N5O2/c1-6-15-17(22(7-2)13-24)23-12-14(8-9-16(23)19-15)18(25)21(5)11-10-20(3)4/h8-9,12-13H,6-7,10-11H2,1-5H3. The number of aryl methyl sites for hydroxylation is 1. The van der Waals surface area contributed by atoms with Crippen LogP contribution in [-0.4, -0.2) is 72.3 Å². The van der Waals surface area contributed by atoms with Gasteiger partial charge in [-0.2, -0.15) is 0 Å². The summed E-state index contributed by atoms with van der Waals surface area (Å²) in [5, 5.41) is 0. The molecule has 0 fully saturated rings.